The first-order valence-corrected chi connectivity index (χ1v) is 7.11. The molecular weight excluding hydrogens is 220 g/mol. The molecule has 0 spiro atoms. The van der Waals surface area contributed by atoms with E-state index in [0.717, 1.165) is 12.5 Å². The molecule has 0 aromatic heterocycles. The number of nitrogens with zero attached hydrogens (tertiary/aromatic N) is 1. The molecule has 1 saturated carbocycles. The van der Waals surface area contributed by atoms with E-state index in [2.05, 4.69) is 56.1 Å². The summed E-state index contributed by atoms with van der Waals surface area (Å²) in [6.45, 7) is 5.48. The number of hydrogen-bond donors (Lipinski definition) is 1. The van der Waals surface area contributed by atoms with Gasteiger partial charge in [-0.1, -0.05) is 44.9 Å². The second-order valence-corrected chi connectivity index (χ2v) is 5.86. The predicted molar refractivity (Wildman–Crippen MR) is 78.8 cm³/mol. The Morgan fingerprint density at radius 2 is 1.94 bits per heavy atom. The Kier molecular flexibility index (Phi) is 3.96. The molecular formula is C16H26N2. The monoisotopic (exact) mass is 246 g/mol. The maximum Gasteiger partial charge on any atom is 0.0548 e. The van der Waals surface area contributed by atoms with Crippen molar-refractivity contribution in [3.63, 3.8) is 0 Å². The van der Waals surface area contributed by atoms with E-state index in [-0.39, 0.29) is 5.54 Å². The first-order valence-electron chi connectivity index (χ1n) is 7.11. The molecule has 1 aromatic rings. The molecule has 2 nitrogen and oxygen atoms in total. The highest BCUT2D eigenvalue weighted by molar-refractivity contribution is 5.48. The van der Waals surface area contributed by atoms with Crippen LogP contribution in [0.5, 0.6) is 0 Å². The molecule has 0 radical (unpaired) electrons. The minimum absolute atomic E-state index is 0.124. The average molecular weight is 246 g/mol. The van der Waals surface area contributed by atoms with E-state index in [1.807, 2.05) is 0 Å². The zero-order valence-corrected chi connectivity index (χ0v) is 11.9. The third-order valence-corrected chi connectivity index (χ3v) is 5.14. The van der Waals surface area contributed by atoms with Gasteiger partial charge in [-0.15, -0.1) is 0 Å². The lowest BCUT2D eigenvalue weighted by Crippen LogP contribution is -2.60. The summed E-state index contributed by atoms with van der Waals surface area (Å²) in [6.07, 6.45) is 3.84. The van der Waals surface area contributed by atoms with Gasteiger partial charge in [0, 0.05) is 19.3 Å². The van der Waals surface area contributed by atoms with Gasteiger partial charge in [-0.3, -0.25) is 0 Å². The molecule has 0 aliphatic heterocycles. The summed E-state index contributed by atoms with van der Waals surface area (Å²) < 4.78 is 0. The van der Waals surface area contributed by atoms with Crippen LogP contribution in [0.25, 0.3) is 0 Å². The maximum atomic E-state index is 6.19. The Labute approximate surface area is 111 Å². The molecule has 1 fully saturated rings. The summed E-state index contributed by atoms with van der Waals surface area (Å²) in [5, 5.41) is 0. The molecule has 3 atom stereocenters. The molecule has 2 heteroatoms. The number of para-hydroxylation sites is 1. The minimum Gasteiger partial charge on any atom is -0.367 e. The fourth-order valence-electron chi connectivity index (χ4n) is 3.54. The van der Waals surface area contributed by atoms with Crippen molar-refractivity contribution in [2.24, 2.45) is 17.6 Å². The lowest BCUT2D eigenvalue weighted by molar-refractivity contribution is 0.144. The number of nitrogens with two attached hydrogens (primary N) is 1. The predicted octanol–water partition coefficient (Wildman–Crippen LogP) is 3.28. The number of hydrogen-bond acceptors (Lipinski definition) is 2. The lowest BCUT2D eigenvalue weighted by atomic mass is 9.67. The molecule has 0 heterocycles. The summed E-state index contributed by atoms with van der Waals surface area (Å²) in [5.74, 6) is 1.40. The van der Waals surface area contributed by atoms with Crippen molar-refractivity contribution in [1.29, 1.82) is 0 Å². The molecule has 0 bridgehead atoms. The Balaban J connectivity index is 2.32. The van der Waals surface area contributed by atoms with Gasteiger partial charge in [0.25, 0.3) is 0 Å². The van der Waals surface area contributed by atoms with Crippen LogP contribution >= 0.6 is 0 Å². The average Bonchev–Trinajstić information content (AvgIpc) is 2.42. The van der Waals surface area contributed by atoms with Crippen LogP contribution in [0, 0.1) is 11.8 Å². The van der Waals surface area contributed by atoms with Gasteiger partial charge in [-0.2, -0.15) is 0 Å². The largest absolute Gasteiger partial charge is 0.367 e. The topological polar surface area (TPSA) is 29.3 Å². The Hall–Kier alpha value is -1.02. The van der Waals surface area contributed by atoms with Gasteiger partial charge in [-0.05, 0) is 30.4 Å². The van der Waals surface area contributed by atoms with Crippen LogP contribution in [0.2, 0.25) is 0 Å². The van der Waals surface area contributed by atoms with E-state index in [4.69, 9.17) is 5.73 Å². The third-order valence-electron chi connectivity index (χ3n) is 5.14. The molecule has 18 heavy (non-hydrogen) atoms. The first-order chi connectivity index (χ1) is 8.62. The van der Waals surface area contributed by atoms with Crippen LogP contribution in [-0.2, 0) is 0 Å². The first kappa shape index (κ1) is 13.4. The molecule has 1 aliphatic rings. The smallest absolute Gasteiger partial charge is 0.0548 e. The van der Waals surface area contributed by atoms with E-state index in [9.17, 15) is 0 Å². The lowest BCUT2D eigenvalue weighted by Gasteiger charge is -2.52. The number of anilines is 1. The quantitative estimate of drug-likeness (QED) is 0.887. The van der Waals surface area contributed by atoms with Crippen LogP contribution in [0.4, 0.5) is 5.69 Å². The highest BCUT2D eigenvalue weighted by Gasteiger charge is 2.43. The second-order valence-electron chi connectivity index (χ2n) is 5.86. The van der Waals surface area contributed by atoms with Gasteiger partial charge < -0.3 is 10.6 Å². The molecule has 3 unspecified atom stereocenters. The highest BCUT2D eigenvalue weighted by Crippen LogP contribution is 2.42. The van der Waals surface area contributed by atoms with Gasteiger partial charge in [0.15, 0.2) is 0 Å². The van der Waals surface area contributed by atoms with Crippen LogP contribution in [0.3, 0.4) is 0 Å². The summed E-state index contributed by atoms with van der Waals surface area (Å²) >= 11 is 0. The normalized spacial score (nSPS) is 32.2. The van der Waals surface area contributed by atoms with Crippen molar-refractivity contribution in [3.05, 3.63) is 30.3 Å². The standard InChI is InChI=1S/C16H26N2/c1-13-8-7-11-16(12-17,14(13)2)18(3)15-9-5-4-6-10-15/h4-6,9-10,13-14H,7-8,11-12,17H2,1-3H3. The summed E-state index contributed by atoms with van der Waals surface area (Å²) in [4.78, 5) is 2.42. The highest BCUT2D eigenvalue weighted by atomic mass is 15.2. The summed E-state index contributed by atoms with van der Waals surface area (Å²) in [6, 6.07) is 10.6. The maximum absolute atomic E-state index is 6.19. The van der Waals surface area contributed by atoms with Crippen LogP contribution in [0.1, 0.15) is 33.1 Å². The van der Waals surface area contributed by atoms with E-state index < -0.39 is 0 Å². The van der Waals surface area contributed by atoms with Crippen molar-refractivity contribution in [1.82, 2.24) is 0 Å². The Bertz CT molecular complexity index is 376. The van der Waals surface area contributed by atoms with Crippen molar-refractivity contribution < 1.29 is 0 Å². The van der Waals surface area contributed by atoms with Gasteiger partial charge in [-0.25, -0.2) is 0 Å². The van der Waals surface area contributed by atoms with Gasteiger partial charge in [0.1, 0.15) is 0 Å². The molecule has 2 rings (SSSR count). The van der Waals surface area contributed by atoms with Crippen LogP contribution in [-0.4, -0.2) is 19.1 Å². The Morgan fingerprint density at radius 1 is 1.28 bits per heavy atom. The van der Waals surface area contributed by atoms with E-state index >= 15 is 0 Å². The molecule has 100 valence electrons. The fourth-order valence-corrected chi connectivity index (χ4v) is 3.54. The number of rotatable bonds is 3. The Morgan fingerprint density at radius 3 is 2.56 bits per heavy atom. The zero-order valence-electron chi connectivity index (χ0n) is 11.9. The second kappa shape index (κ2) is 5.31. The van der Waals surface area contributed by atoms with E-state index in [0.29, 0.717) is 5.92 Å². The van der Waals surface area contributed by atoms with Gasteiger partial charge in [0.05, 0.1) is 5.54 Å². The molecule has 0 amide bonds. The summed E-state index contributed by atoms with van der Waals surface area (Å²) in [5.41, 5.74) is 7.59. The van der Waals surface area contributed by atoms with Gasteiger partial charge >= 0.3 is 0 Å². The summed E-state index contributed by atoms with van der Waals surface area (Å²) in [7, 11) is 2.21. The minimum atomic E-state index is 0.124. The molecule has 1 aliphatic carbocycles. The number of likely N-dealkylation sites (N-methyl/N-ethyl adjacent to an activating group) is 1. The van der Waals surface area contributed by atoms with E-state index in [1.54, 1.807) is 0 Å². The third kappa shape index (κ3) is 2.14. The molecule has 2 N–H and O–H groups in total. The fraction of sp³-hybridized carbons (Fsp3) is 0.625. The van der Waals surface area contributed by atoms with Crippen LogP contribution < -0.4 is 10.6 Å². The van der Waals surface area contributed by atoms with Gasteiger partial charge in [0.2, 0.25) is 0 Å². The molecule has 0 saturated heterocycles. The van der Waals surface area contributed by atoms with Crippen molar-refractivity contribution >= 4 is 5.69 Å². The van der Waals surface area contributed by atoms with Crippen molar-refractivity contribution in [2.75, 3.05) is 18.5 Å². The van der Waals surface area contributed by atoms with Crippen molar-refractivity contribution in [2.45, 2.75) is 38.6 Å². The SMILES string of the molecule is CC1CCCC(CN)(N(C)c2ccccc2)C1C. The van der Waals surface area contributed by atoms with Crippen molar-refractivity contribution in [3.8, 4) is 0 Å². The number of benzene rings is 1. The van der Waals surface area contributed by atoms with E-state index in [1.165, 1.54) is 24.9 Å². The molecule has 1 aromatic carbocycles. The van der Waals surface area contributed by atoms with Crippen LogP contribution in [0.15, 0.2) is 30.3 Å². The zero-order chi connectivity index (χ0) is 13.2.